The summed E-state index contributed by atoms with van der Waals surface area (Å²) in [4.78, 5) is 11.7. The van der Waals surface area contributed by atoms with Crippen molar-refractivity contribution in [1.29, 1.82) is 0 Å². The van der Waals surface area contributed by atoms with Crippen LogP contribution in [0.4, 0.5) is 11.4 Å². The average molecular weight is 242 g/mol. The highest BCUT2D eigenvalue weighted by atomic mass is 16.5. The zero-order valence-electron chi connectivity index (χ0n) is 9.80. The average Bonchev–Trinajstić information content (AvgIpc) is 2.38. The monoisotopic (exact) mass is 242 g/mol. The van der Waals surface area contributed by atoms with E-state index in [0.29, 0.717) is 16.9 Å². The van der Waals surface area contributed by atoms with Crippen molar-refractivity contribution in [2.24, 2.45) is 0 Å². The van der Waals surface area contributed by atoms with Crippen LogP contribution < -0.4 is 11.5 Å². The molecular weight excluding hydrogens is 228 g/mol. The molecule has 0 amide bonds. The maximum Gasteiger partial charge on any atom is 0.338 e. The molecule has 0 fully saturated rings. The number of benzene rings is 2. The number of nitrogens with two attached hydrogens (primary N) is 2. The van der Waals surface area contributed by atoms with E-state index in [1.165, 1.54) is 0 Å². The Balaban J connectivity index is 1.98. The van der Waals surface area contributed by atoms with Gasteiger partial charge >= 0.3 is 5.97 Å². The van der Waals surface area contributed by atoms with Crippen LogP contribution in [-0.2, 0) is 11.3 Å². The smallest absolute Gasteiger partial charge is 0.338 e. The third kappa shape index (κ3) is 3.01. The molecule has 4 nitrogen and oxygen atoms in total. The number of anilines is 2. The summed E-state index contributed by atoms with van der Waals surface area (Å²) >= 11 is 0. The molecule has 0 bridgehead atoms. The Morgan fingerprint density at radius 2 is 1.72 bits per heavy atom. The molecule has 18 heavy (non-hydrogen) atoms. The molecule has 0 aliphatic heterocycles. The molecule has 0 spiro atoms. The number of hydrogen-bond donors (Lipinski definition) is 2. The topological polar surface area (TPSA) is 78.3 Å². The van der Waals surface area contributed by atoms with Gasteiger partial charge in [-0.05, 0) is 35.9 Å². The van der Waals surface area contributed by atoms with E-state index in [4.69, 9.17) is 16.2 Å². The molecule has 0 aliphatic rings. The van der Waals surface area contributed by atoms with Gasteiger partial charge in [-0.1, -0.05) is 18.2 Å². The van der Waals surface area contributed by atoms with E-state index in [1.54, 1.807) is 36.4 Å². The van der Waals surface area contributed by atoms with Crippen LogP contribution in [0.15, 0.2) is 48.5 Å². The SMILES string of the molecule is Nc1ccc(COC(=O)c2cccc(N)c2)cc1. The van der Waals surface area contributed by atoms with Crippen molar-refractivity contribution in [2.75, 3.05) is 11.5 Å². The van der Waals surface area contributed by atoms with Crippen LogP contribution in [-0.4, -0.2) is 5.97 Å². The number of ether oxygens (including phenoxy) is 1. The molecule has 0 heterocycles. The number of carbonyl (C=O) groups is 1. The zero-order valence-corrected chi connectivity index (χ0v) is 9.80. The first-order valence-electron chi connectivity index (χ1n) is 5.52. The van der Waals surface area contributed by atoms with Crippen molar-refractivity contribution < 1.29 is 9.53 Å². The fraction of sp³-hybridized carbons (Fsp3) is 0.0714. The first-order valence-corrected chi connectivity index (χ1v) is 5.52. The number of esters is 1. The Morgan fingerprint density at radius 3 is 2.39 bits per heavy atom. The number of hydrogen-bond acceptors (Lipinski definition) is 4. The van der Waals surface area contributed by atoms with E-state index in [1.807, 2.05) is 12.1 Å². The van der Waals surface area contributed by atoms with Gasteiger partial charge in [0.05, 0.1) is 5.56 Å². The van der Waals surface area contributed by atoms with Crippen molar-refractivity contribution >= 4 is 17.3 Å². The van der Waals surface area contributed by atoms with Crippen molar-refractivity contribution in [2.45, 2.75) is 6.61 Å². The molecule has 2 aromatic carbocycles. The molecule has 0 aliphatic carbocycles. The molecule has 0 saturated heterocycles. The fourth-order valence-corrected chi connectivity index (χ4v) is 1.51. The van der Waals surface area contributed by atoms with E-state index in [0.717, 1.165) is 5.56 Å². The van der Waals surface area contributed by atoms with Gasteiger partial charge in [-0.2, -0.15) is 0 Å². The van der Waals surface area contributed by atoms with Gasteiger partial charge in [-0.25, -0.2) is 4.79 Å². The molecule has 92 valence electrons. The first kappa shape index (κ1) is 12.0. The van der Waals surface area contributed by atoms with Gasteiger partial charge in [0.1, 0.15) is 6.61 Å². The lowest BCUT2D eigenvalue weighted by molar-refractivity contribution is 0.0473. The molecule has 0 unspecified atom stereocenters. The van der Waals surface area contributed by atoms with E-state index < -0.39 is 0 Å². The Bertz CT molecular complexity index is 550. The summed E-state index contributed by atoms with van der Waals surface area (Å²) in [5.74, 6) is -0.390. The van der Waals surface area contributed by atoms with Gasteiger partial charge < -0.3 is 16.2 Å². The first-order chi connectivity index (χ1) is 8.65. The van der Waals surface area contributed by atoms with Crippen LogP contribution in [0.3, 0.4) is 0 Å². The van der Waals surface area contributed by atoms with Crippen molar-refractivity contribution in [1.82, 2.24) is 0 Å². The van der Waals surface area contributed by atoms with Crippen LogP contribution in [0.5, 0.6) is 0 Å². The lowest BCUT2D eigenvalue weighted by atomic mass is 10.2. The van der Waals surface area contributed by atoms with E-state index >= 15 is 0 Å². The molecule has 4 N–H and O–H groups in total. The Morgan fingerprint density at radius 1 is 1.00 bits per heavy atom. The summed E-state index contributed by atoms with van der Waals surface area (Å²) in [6, 6.07) is 13.9. The lowest BCUT2D eigenvalue weighted by Gasteiger charge is -2.05. The van der Waals surface area contributed by atoms with Crippen LogP contribution in [0.25, 0.3) is 0 Å². The third-order valence-electron chi connectivity index (χ3n) is 2.47. The number of nitrogen functional groups attached to an aromatic ring is 2. The molecular formula is C14H14N2O2. The molecule has 0 atom stereocenters. The molecule has 4 heteroatoms. The Kier molecular flexibility index (Phi) is 3.48. The predicted molar refractivity (Wildman–Crippen MR) is 70.8 cm³/mol. The number of rotatable bonds is 3. The maximum atomic E-state index is 11.7. The lowest BCUT2D eigenvalue weighted by Crippen LogP contribution is -2.05. The van der Waals surface area contributed by atoms with Crippen molar-refractivity contribution in [3.63, 3.8) is 0 Å². The molecule has 2 aromatic rings. The second-order valence-electron chi connectivity index (χ2n) is 3.94. The molecule has 0 radical (unpaired) electrons. The minimum absolute atomic E-state index is 0.216. The van der Waals surface area contributed by atoms with Crippen LogP contribution in [0.2, 0.25) is 0 Å². The highest BCUT2D eigenvalue weighted by Gasteiger charge is 2.07. The third-order valence-corrected chi connectivity index (χ3v) is 2.47. The van der Waals surface area contributed by atoms with Crippen LogP contribution >= 0.6 is 0 Å². The second-order valence-corrected chi connectivity index (χ2v) is 3.94. The fourth-order valence-electron chi connectivity index (χ4n) is 1.51. The zero-order chi connectivity index (χ0) is 13.0. The highest BCUT2D eigenvalue weighted by Crippen LogP contribution is 2.11. The van der Waals surface area contributed by atoms with Crippen molar-refractivity contribution in [3.8, 4) is 0 Å². The summed E-state index contributed by atoms with van der Waals surface area (Å²) in [5, 5.41) is 0. The van der Waals surface area contributed by atoms with Gasteiger partial charge in [-0.15, -0.1) is 0 Å². The Labute approximate surface area is 105 Å². The summed E-state index contributed by atoms with van der Waals surface area (Å²) in [6.45, 7) is 0.216. The van der Waals surface area contributed by atoms with Gasteiger partial charge in [0.2, 0.25) is 0 Å². The van der Waals surface area contributed by atoms with Gasteiger partial charge in [0.25, 0.3) is 0 Å². The minimum atomic E-state index is -0.390. The van der Waals surface area contributed by atoms with Gasteiger partial charge in [-0.3, -0.25) is 0 Å². The van der Waals surface area contributed by atoms with E-state index in [9.17, 15) is 4.79 Å². The normalized spacial score (nSPS) is 10.0. The quantitative estimate of drug-likeness (QED) is 0.639. The van der Waals surface area contributed by atoms with Crippen LogP contribution in [0, 0.1) is 0 Å². The second kappa shape index (κ2) is 5.23. The predicted octanol–water partition coefficient (Wildman–Crippen LogP) is 2.21. The van der Waals surface area contributed by atoms with E-state index in [-0.39, 0.29) is 12.6 Å². The maximum absolute atomic E-state index is 11.7. The van der Waals surface area contributed by atoms with Gasteiger partial charge in [0, 0.05) is 11.4 Å². The molecule has 0 aromatic heterocycles. The van der Waals surface area contributed by atoms with Gasteiger partial charge in [0.15, 0.2) is 0 Å². The summed E-state index contributed by atoms with van der Waals surface area (Å²) in [5.41, 5.74) is 13.7. The summed E-state index contributed by atoms with van der Waals surface area (Å²) < 4.78 is 5.17. The largest absolute Gasteiger partial charge is 0.457 e. The standard InChI is InChI=1S/C14H14N2O2/c15-12-6-4-10(5-7-12)9-18-14(17)11-2-1-3-13(16)8-11/h1-8H,9,15-16H2. The summed E-state index contributed by atoms with van der Waals surface area (Å²) in [6.07, 6.45) is 0. The van der Waals surface area contributed by atoms with E-state index in [2.05, 4.69) is 0 Å². The molecule has 0 saturated carbocycles. The number of carbonyl (C=O) groups excluding carboxylic acids is 1. The summed E-state index contributed by atoms with van der Waals surface area (Å²) in [7, 11) is 0. The molecule has 2 rings (SSSR count). The highest BCUT2D eigenvalue weighted by molar-refractivity contribution is 5.90. The minimum Gasteiger partial charge on any atom is -0.457 e. The van der Waals surface area contributed by atoms with Crippen molar-refractivity contribution in [3.05, 3.63) is 59.7 Å². The van der Waals surface area contributed by atoms with Crippen LogP contribution in [0.1, 0.15) is 15.9 Å². The Hall–Kier alpha value is -2.49.